The van der Waals surface area contributed by atoms with Crippen LogP contribution in [-0.4, -0.2) is 39.9 Å². The van der Waals surface area contributed by atoms with Crippen LogP contribution in [0.4, 0.5) is 13.2 Å². The summed E-state index contributed by atoms with van der Waals surface area (Å²) >= 11 is 5.77. The van der Waals surface area contributed by atoms with Crippen LogP contribution in [0.15, 0.2) is 60.7 Å². The van der Waals surface area contributed by atoms with Crippen LogP contribution in [0.2, 0.25) is 5.02 Å². The first-order valence-electron chi connectivity index (χ1n) is 13.6. The molecular formula is C33H29ClF3NO6. The van der Waals surface area contributed by atoms with Crippen LogP contribution in [0.25, 0.3) is 23.1 Å². The van der Waals surface area contributed by atoms with E-state index >= 15 is 4.39 Å². The summed E-state index contributed by atoms with van der Waals surface area (Å²) < 4.78 is 54.4. The lowest BCUT2D eigenvalue weighted by Gasteiger charge is -2.08. The highest BCUT2D eigenvalue weighted by atomic mass is 35.5. The van der Waals surface area contributed by atoms with E-state index in [0.29, 0.717) is 52.4 Å². The number of aromatic nitrogens is 1. The van der Waals surface area contributed by atoms with Crippen LogP contribution in [0.1, 0.15) is 35.2 Å². The molecule has 0 amide bonds. The zero-order valence-corrected chi connectivity index (χ0v) is 24.4. The molecule has 0 bridgehead atoms. The Kier molecular flexibility index (Phi) is 10.7. The summed E-state index contributed by atoms with van der Waals surface area (Å²) in [7, 11) is 0. The first-order valence-corrected chi connectivity index (χ1v) is 14.0. The number of aryl methyl sites for hydroxylation is 1. The minimum absolute atomic E-state index is 0.0333. The van der Waals surface area contributed by atoms with E-state index in [1.165, 1.54) is 6.07 Å². The maximum atomic E-state index is 15.1. The fourth-order valence-corrected chi connectivity index (χ4v) is 4.94. The number of hydrogen-bond acceptors (Lipinski definition) is 4. The molecular weight excluding hydrogens is 599 g/mol. The van der Waals surface area contributed by atoms with Gasteiger partial charge in [-0.2, -0.15) is 0 Å². The van der Waals surface area contributed by atoms with Gasteiger partial charge >= 0.3 is 11.9 Å². The van der Waals surface area contributed by atoms with Gasteiger partial charge in [0.1, 0.15) is 53.7 Å². The van der Waals surface area contributed by atoms with Crippen molar-refractivity contribution in [2.75, 3.05) is 13.2 Å². The summed E-state index contributed by atoms with van der Waals surface area (Å²) in [5, 5.41) is 18.5. The van der Waals surface area contributed by atoms with E-state index in [0.717, 1.165) is 11.6 Å². The van der Waals surface area contributed by atoms with Gasteiger partial charge in [0.25, 0.3) is 0 Å². The van der Waals surface area contributed by atoms with Crippen LogP contribution in [0.5, 0.6) is 11.5 Å². The minimum atomic E-state index is -1.08. The van der Waals surface area contributed by atoms with Crippen LogP contribution in [-0.2, 0) is 22.6 Å². The molecule has 4 rings (SSSR count). The smallest absolute Gasteiger partial charge is 0.323 e. The number of aliphatic carboxylic acids is 2. The Morgan fingerprint density at radius 2 is 1.61 bits per heavy atom. The summed E-state index contributed by atoms with van der Waals surface area (Å²) in [6, 6.07) is 11.7. The number of carbonyl (C=O) groups is 2. The fraction of sp³-hybridized carbons (Fsp3) is 0.212. The number of hydrogen-bond donors (Lipinski definition) is 2. The second-order valence-corrected chi connectivity index (χ2v) is 10.2. The average molecular weight is 628 g/mol. The Labute approximate surface area is 256 Å². The van der Waals surface area contributed by atoms with E-state index in [2.05, 4.69) is 0 Å². The molecule has 1 aromatic heterocycles. The predicted octanol–water partition coefficient (Wildman–Crippen LogP) is 7.70. The van der Waals surface area contributed by atoms with Gasteiger partial charge in [-0.3, -0.25) is 9.59 Å². The zero-order valence-electron chi connectivity index (χ0n) is 23.7. The van der Waals surface area contributed by atoms with Crippen molar-refractivity contribution in [1.29, 1.82) is 0 Å². The largest absolute Gasteiger partial charge is 0.490 e. The molecule has 230 valence electrons. The van der Waals surface area contributed by atoms with Crippen molar-refractivity contribution in [1.82, 2.24) is 4.57 Å². The monoisotopic (exact) mass is 627 g/mol. The van der Waals surface area contributed by atoms with Gasteiger partial charge in [0.05, 0.1) is 5.52 Å². The SMILES string of the molecule is Cc1c(CCCC(=O)O)c2c(F)ccc(C=Cc3ccc(OCC=CCOc4cc(F)cc(F)c4Cl)cc3)c2n1CC(=O)O. The summed E-state index contributed by atoms with van der Waals surface area (Å²) in [6.07, 6.45) is 7.41. The van der Waals surface area contributed by atoms with Crippen molar-refractivity contribution < 1.29 is 42.4 Å². The Hall–Kier alpha value is -4.70. The van der Waals surface area contributed by atoms with Crippen molar-refractivity contribution >= 4 is 46.6 Å². The molecule has 0 aliphatic heterocycles. The minimum Gasteiger partial charge on any atom is -0.490 e. The van der Waals surface area contributed by atoms with Gasteiger partial charge in [-0.1, -0.05) is 35.9 Å². The standard InChI is InChI=1S/C33H29ClF3NO6/c1-20-25(5-4-6-29(39)40)31-26(36)14-11-22(33(31)38(20)19-30(41)42)10-7-21-8-12-24(13-9-21)43-15-2-3-16-44-28-18-23(35)17-27(37)32(28)34/h2-3,7-14,17-18H,4-6,15-16,19H2,1H3,(H,39,40)(H,41,42). The number of fused-ring (bicyclic) bond motifs is 1. The van der Waals surface area contributed by atoms with E-state index in [-0.39, 0.29) is 37.0 Å². The lowest BCUT2D eigenvalue weighted by molar-refractivity contribution is -0.138. The first-order chi connectivity index (χ1) is 21.0. The second-order valence-electron chi connectivity index (χ2n) is 9.85. The number of halogens is 4. The molecule has 0 saturated heterocycles. The first kappa shape index (κ1) is 32.2. The van der Waals surface area contributed by atoms with E-state index in [1.807, 2.05) is 18.2 Å². The van der Waals surface area contributed by atoms with Crippen LogP contribution in [0.3, 0.4) is 0 Å². The highest BCUT2D eigenvalue weighted by Crippen LogP contribution is 2.33. The maximum absolute atomic E-state index is 15.1. The molecule has 0 fully saturated rings. The van der Waals surface area contributed by atoms with Crippen LogP contribution in [0, 0.1) is 24.4 Å². The topological polar surface area (TPSA) is 98.0 Å². The van der Waals surface area contributed by atoms with Crippen molar-refractivity contribution in [2.45, 2.75) is 32.7 Å². The number of nitrogens with zero attached hydrogens (tertiary/aromatic N) is 1. The quantitative estimate of drug-likeness (QED) is 0.0845. The molecule has 4 aromatic rings. The highest BCUT2D eigenvalue weighted by Gasteiger charge is 2.21. The predicted molar refractivity (Wildman–Crippen MR) is 162 cm³/mol. The molecule has 7 nitrogen and oxygen atoms in total. The average Bonchev–Trinajstić information content (AvgIpc) is 3.24. The fourth-order valence-electron chi connectivity index (χ4n) is 4.78. The van der Waals surface area contributed by atoms with Crippen LogP contribution < -0.4 is 9.47 Å². The van der Waals surface area contributed by atoms with Gasteiger partial charge in [-0.05, 0) is 72.9 Å². The molecule has 0 spiro atoms. The summed E-state index contributed by atoms with van der Waals surface area (Å²) in [4.78, 5) is 22.7. The molecule has 0 saturated carbocycles. The van der Waals surface area contributed by atoms with Gasteiger partial charge in [-0.15, -0.1) is 0 Å². The third kappa shape index (κ3) is 8.02. The Balaban J connectivity index is 1.43. The molecule has 0 aliphatic carbocycles. The molecule has 0 atom stereocenters. The van der Waals surface area contributed by atoms with E-state index in [9.17, 15) is 23.5 Å². The van der Waals surface area contributed by atoms with Crippen molar-refractivity contribution in [3.8, 4) is 11.5 Å². The lowest BCUT2D eigenvalue weighted by Crippen LogP contribution is -2.10. The Bertz CT molecular complexity index is 1730. The van der Waals surface area contributed by atoms with Crippen molar-refractivity contribution in [3.63, 3.8) is 0 Å². The lowest BCUT2D eigenvalue weighted by atomic mass is 10.0. The Morgan fingerprint density at radius 1 is 0.909 bits per heavy atom. The third-order valence-electron chi connectivity index (χ3n) is 6.83. The molecule has 3 aromatic carbocycles. The zero-order chi connectivity index (χ0) is 31.8. The number of carboxylic acid groups (broad SMARTS) is 2. The third-order valence-corrected chi connectivity index (χ3v) is 7.19. The molecule has 44 heavy (non-hydrogen) atoms. The van der Waals surface area contributed by atoms with Gasteiger partial charge < -0.3 is 24.3 Å². The van der Waals surface area contributed by atoms with E-state index < -0.39 is 29.4 Å². The highest BCUT2D eigenvalue weighted by molar-refractivity contribution is 6.32. The van der Waals surface area contributed by atoms with E-state index in [1.54, 1.807) is 47.9 Å². The van der Waals surface area contributed by atoms with Gasteiger partial charge in [-0.25, -0.2) is 13.2 Å². The molecule has 11 heteroatoms. The van der Waals surface area contributed by atoms with E-state index in [4.69, 9.17) is 26.2 Å². The van der Waals surface area contributed by atoms with Crippen molar-refractivity contribution in [3.05, 3.63) is 106 Å². The molecule has 0 radical (unpaired) electrons. The normalized spacial score (nSPS) is 11.6. The number of benzene rings is 3. The van der Waals surface area contributed by atoms with Gasteiger partial charge in [0.15, 0.2) is 0 Å². The summed E-state index contributed by atoms with van der Waals surface area (Å²) in [6.45, 7) is 1.60. The molecule has 0 unspecified atom stereocenters. The maximum Gasteiger partial charge on any atom is 0.323 e. The molecule has 0 aliphatic rings. The molecule has 1 heterocycles. The van der Waals surface area contributed by atoms with Crippen LogP contribution >= 0.6 is 11.6 Å². The second kappa shape index (κ2) is 14.7. The van der Waals surface area contributed by atoms with Gasteiger partial charge in [0, 0.05) is 29.6 Å². The number of rotatable bonds is 14. The number of carboxylic acids is 2. The Morgan fingerprint density at radius 3 is 2.30 bits per heavy atom. The summed E-state index contributed by atoms with van der Waals surface area (Å²) in [5.41, 5.74) is 3.05. The van der Waals surface area contributed by atoms with Crippen molar-refractivity contribution in [2.24, 2.45) is 0 Å². The number of ether oxygens (including phenoxy) is 2. The molecule has 2 N–H and O–H groups in total. The van der Waals surface area contributed by atoms with Gasteiger partial charge in [0.2, 0.25) is 0 Å². The summed E-state index contributed by atoms with van der Waals surface area (Å²) in [5.74, 6) is -3.73.